The molecule has 0 spiro atoms. The fraction of sp³-hybridized carbons (Fsp3) is 0.167. The Balaban J connectivity index is 1.51. The zero-order valence-electron chi connectivity index (χ0n) is 17.3. The van der Waals surface area contributed by atoms with Gasteiger partial charge in [-0.25, -0.2) is 4.39 Å². The van der Waals surface area contributed by atoms with Gasteiger partial charge in [-0.15, -0.1) is 0 Å². The summed E-state index contributed by atoms with van der Waals surface area (Å²) in [6.45, 7) is 1.97. The van der Waals surface area contributed by atoms with Crippen LogP contribution in [0.3, 0.4) is 0 Å². The highest BCUT2D eigenvalue weighted by Crippen LogP contribution is 2.28. The van der Waals surface area contributed by atoms with Gasteiger partial charge in [-0.2, -0.15) is 0 Å². The van der Waals surface area contributed by atoms with Crippen LogP contribution in [0.1, 0.15) is 16.7 Å². The fourth-order valence-electron chi connectivity index (χ4n) is 2.70. The number of anilines is 1. The van der Waals surface area contributed by atoms with Crippen molar-refractivity contribution in [2.75, 3.05) is 19.0 Å². The molecule has 0 heterocycles. The third kappa shape index (κ3) is 6.85. The number of hydrogen-bond donors (Lipinski definition) is 1. The molecule has 3 rings (SSSR count). The smallest absolute Gasteiger partial charge is 0.265 e. The van der Waals surface area contributed by atoms with Gasteiger partial charge in [0.05, 0.1) is 13.3 Å². The number of nitrogens with zero attached hydrogens (tertiary/aromatic N) is 1. The standard InChI is InChI=1S/C24H23FN2O4/c1-17-6-9-21(10-7-17)27-24(28)16-31-26-14-18-8-11-22(23(13-18)29-2)30-15-19-4-3-5-20(25)12-19/h3-14H,15-16H2,1-2H3,(H,27,28)/b26-14+. The fourth-order valence-corrected chi connectivity index (χ4v) is 2.70. The molecule has 6 nitrogen and oxygen atoms in total. The number of carbonyl (C=O) groups is 1. The Morgan fingerprint density at radius 1 is 1.06 bits per heavy atom. The van der Waals surface area contributed by atoms with E-state index in [4.69, 9.17) is 14.3 Å². The van der Waals surface area contributed by atoms with Crippen molar-refractivity contribution < 1.29 is 23.5 Å². The molecule has 0 saturated carbocycles. The van der Waals surface area contributed by atoms with Crippen molar-refractivity contribution in [3.63, 3.8) is 0 Å². The van der Waals surface area contributed by atoms with Gasteiger partial charge in [0.2, 0.25) is 0 Å². The highest BCUT2D eigenvalue weighted by Gasteiger charge is 2.07. The Hall–Kier alpha value is -3.87. The van der Waals surface area contributed by atoms with E-state index in [1.807, 2.05) is 31.2 Å². The number of carbonyl (C=O) groups excluding carboxylic acids is 1. The van der Waals surface area contributed by atoms with E-state index < -0.39 is 0 Å². The van der Waals surface area contributed by atoms with Crippen LogP contribution in [0.2, 0.25) is 0 Å². The number of nitrogens with one attached hydrogen (secondary N) is 1. The van der Waals surface area contributed by atoms with Crippen molar-refractivity contribution in [2.45, 2.75) is 13.5 Å². The lowest BCUT2D eigenvalue weighted by atomic mass is 10.2. The van der Waals surface area contributed by atoms with Crippen molar-refractivity contribution >= 4 is 17.8 Å². The average molecular weight is 422 g/mol. The van der Waals surface area contributed by atoms with Gasteiger partial charge >= 0.3 is 0 Å². The molecule has 160 valence electrons. The molecule has 7 heteroatoms. The third-order valence-corrected chi connectivity index (χ3v) is 4.28. The molecular weight excluding hydrogens is 399 g/mol. The first-order chi connectivity index (χ1) is 15.0. The number of oxime groups is 1. The number of rotatable bonds is 9. The molecule has 0 bridgehead atoms. The van der Waals surface area contributed by atoms with Crippen molar-refractivity contribution in [2.24, 2.45) is 5.16 Å². The predicted molar refractivity (Wildman–Crippen MR) is 117 cm³/mol. The van der Waals surface area contributed by atoms with Crippen molar-refractivity contribution in [3.05, 3.63) is 89.2 Å². The maximum absolute atomic E-state index is 13.3. The summed E-state index contributed by atoms with van der Waals surface area (Å²) in [5.41, 5.74) is 3.22. The average Bonchev–Trinajstić information content (AvgIpc) is 2.77. The summed E-state index contributed by atoms with van der Waals surface area (Å²) in [5.74, 6) is 0.395. The molecule has 31 heavy (non-hydrogen) atoms. The molecular formula is C24H23FN2O4. The predicted octanol–water partition coefficient (Wildman–Crippen LogP) is 4.71. The molecule has 0 unspecified atom stereocenters. The summed E-state index contributed by atoms with van der Waals surface area (Å²) in [7, 11) is 1.53. The number of aryl methyl sites for hydroxylation is 1. The lowest BCUT2D eigenvalue weighted by molar-refractivity contribution is -0.120. The van der Waals surface area contributed by atoms with E-state index in [0.29, 0.717) is 28.3 Å². The first kappa shape index (κ1) is 21.8. The summed E-state index contributed by atoms with van der Waals surface area (Å²) in [6.07, 6.45) is 1.47. The Labute approximate surface area is 180 Å². The van der Waals surface area contributed by atoms with Crippen LogP contribution >= 0.6 is 0 Å². The molecule has 0 saturated heterocycles. The minimum absolute atomic E-state index is 0.209. The van der Waals surface area contributed by atoms with E-state index in [9.17, 15) is 9.18 Å². The van der Waals surface area contributed by atoms with E-state index in [0.717, 1.165) is 5.56 Å². The first-order valence-corrected chi connectivity index (χ1v) is 9.60. The second-order valence-corrected chi connectivity index (χ2v) is 6.75. The highest BCUT2D eigenvalue weighted by molar-refractivity contribution is 5.91. The van der Waals surface area contributed by atoms with Crippen LogP contribution in [0.15, 0.2) is 71.9 Å². The lowest BCUT2D eigenvalue weighted by Gasteiger charge is -2.11. The molecule has 3 aromatic carbocycles. The molecule has 0 atom stereocenters. The Morgan fingerprint density at radius 3 is 2.61 bits per heavy atom. The maximum Gasteiger partial charge on any atom is 0.265 e. The van der Waals surface area contributed by atoms with Gasteiger partial charge in [0.25, 0.3) is 5.91 Å². The van der Waals surface area contributed by atoms with Crippen molar-refractivity contribution in [3.8, 4) is 11.5 Å². The van der Waals surface area contributed by atoms with E-state index >= 15 is 0 Å². The number of hydrogen-bond acceptors (Lipinski definition) is 5. The molecule has 1 amide bonds. The second-order valence-electron chi connectivity index (χ2n) is 6.75. The van der Waals surface area contributed by atoms with E-state index in [-0.39, 0.29) is 24.9 Å². The van der Waals surface area contributed by atoms with Crippen LogP contribution in [-0.4, -0.2) is 25.8 Å². The first-order valence-electron chi connectivity index (χ1n) is 9.60. The van der Waals surface area contributed by atoms with Crippen LogP contribution < -0.4 is 14.8 Å². The molecule has 0 aromatic heterocycles. The highest BCUT2D eigenvalue weighted by atomic mass is 19.1. The number of benzene rings is 3. The van der Waals surface area contributed by atoms with Gasteiger partial charge in [0, 0.05) is 11.3 Å². The quantitative estimate of drug-likeness (QED) is 0.401. The Bertz CT molecular complexity index is 1050. The second kappa shape index (κ2) is 10.8. The zero-order chi connectivity index (χ0) is 22.1. The summed E-state index contributed by atoms with van der Waals surface area (Å²) in [5, 5.41) is 6.55. The van der Waals surface area contributed by atoms with Crippen LogP contribution in [0, 0.1) is 12.7 Å². The maximum atomic E-state index is 13.3. The van der Waals surface area contributed by atoms with Crippen LogP contribution in [0.4, 0.5) is 10.1 Å². The zero-order valence-corrected chi connectivity index (χ0v) is 17.3. The monoisotopic (exact) mass is 422 g/mol. The van der Waals surface area contributed by atoms with Crippen LogP contribution in [0.25, 0.3) is 0 Å². The van der Waals surface area contributed by atoms with Crippen LogP contribution in [-0.2, 0) is 16.2 Å². The Morgan fingerprint density at radius 2 is 1.87 bits per heavy atom. The van der Waals surface area contributed by atoms with E-state index in [2.05, 4.69) is 10.5 Å². The van der Waals surface area contributed by atoms with Gasteiger partial charge < -0.3 is 19.6 Å². The lowest BCUT2D eigenvalue weighted by Crippen LogP contribution is -2.16. The molecule has 0 aliphatic rings. The van der Waals surface area contributed by atoms with Gasteiger partial charge in [0.1, 0.15) is 12.4 Å². The minimum atomic E-state index is -0.313. The largest absolute Gasteiger partial charge is 0.493 e. The Kier molecular flexibility index (Phi) is 7.59. The van der Waals surface area contributed by atoms with Gasteiger partial charge in [-0.05, 0) is 55.0 Å². The summed E-state index contributed by atoms with van der Waals surface area (Å²) in [4.78, 5) is 17.0. The summed E-state index contributed by atoms with van der Waals surface area (Å²) < 4.78 is 24.4. The number of ether oxygens (including phenoxy) is 2. The van der Waals surface area contributed by atoms with Crippen molar-refractivity contribution in [1.82, 2.24) is 0 Å². The SMILES string of the molecule is COc1cc(/C=N/OCC(=O)Nc2ccc(C)cc2)ccc1OCc1cccc(F)c1. The molecule has 0 aliphatic heterocycles. The number of amides is 1. The number of methoxy groups -OCH3 is 1. The molecule has 0 fully saturated rings. The van der Waals surface area contributed by atoms with Crippen LogP contribution in [0.5, 0.6) is 11.5 Å². The van der Waals surface area contributed by atoms with Gasteiger partial charge in [0.15, 0.2) is 18.1 Å². The normalized spacial score (nSPS) is 10.7. The molecule has 0 aliphatic carbocycles. The molecule has 0 radical (unpaired) electrons. The third-order valence-electron chi connectivity index (χ3n) is 4.28. The number of halogens is 1. The topological polar surface area (TPSA) is 69.2 Å². The van der Waals surface area contributed by atoms with Gasteiger partial charge in [-0.3, -0.25) is 4.79 Å². The summed E-state index contributed by atoms with van der Waals surface area (Å²) in [6, 6.07) is 18.9. The van der Waals surface area contributed by atoms with E-state index in [1.165, 1.54) is 25.5 Å². The van der Waals surface area contributed by atoms with E-state index in [1.54, 1.807) is 30.3 Å². The van der Waals surface area contributed by atoms with Gasteiger partial charge in [-0.1, -0.05) is 35.0 Å². The molecule has 1 N–H and O–H groups in total. The minimum Gasteiger partial charge on any atom is -0.493 e. The molecule has 3 aromatic rings. The summed E-state index contributed by atoms with van der Waals surface area (Å²) >= 11 is 0. The van der Waals surface area contributed by atoms with Crippen molar-refractivity contribution in [1.29, 1.82) is 0 Å².